The Hall–Kier alpha value is -0.0800. The molecule has 0 amide bonds. The lowest BCUT2D eigenvalue weighted by molar-refractivity contribution is -0.935. The monoisotopic (exact) mass is 172 g/mol. The maximum absolute atomic E-state index is 5.55. The molecule has 1 rings (SSSR count). The van der Waals surface area contributed by atoms with Crippen LogP contribution in [0.3, 0.4) is 0 Å². The third-order valence-electron chi connectivity index (χ3n) is 2.78. The lowest BCUT2D eigenvalue weighted by Gasteiger charge is -2.33. The van der Waals surface area contributed by atoms with Gasteiger partial charge in [0, 0.05) is 19.4 Å². The topological polar surface area (TPSA) is 9.23 Å². The molecule has 0 bridgehead atoms. The lowest BCUT2D eigenvalue weighted by atomic mass is 10.4. The Morgan fingerprint density at radius 2 is 1.83 bits per heavy atom. The number of likely N-dealkylation sites (tertiary alicyclic amines) is 1. The fourth-order valence-electron chi connectivity index (χ4n) is 2.18. The number of rotatable bonds is 5. The van der Waals surface area contributed by atoms with Gasteiger partial charge in [-0.3, -0.25) is 0 Å². The van der Waals surface area contributed by atoms with Gasteiger partial charge in [-0.2, -0.15) is 0 Å². The summed E-state index contributed by atoms with van der Waals surface area (Å²) < 4.78 is 6.77. The third kappa shape index (κ3) is 2.46. The van der Waals surface area contributed by atoms with Gasteiger partial charge in [-0.1, -0.05) is 6.92 Å². The van der Waals surface area contributed by atoms with Gasteiger partial charge < -0.3 is 9.22 Å². The molecule has 1 heterocycles. The zero-order chi connectivity index (χ0) is 8.86. The van der Waals surface area contributed by atoms with Crippen LogP contribution in [0.1, 0.15) is 33.1 Å². The minimum atomic E-state index is 0.865. The molecule has 0 radical (unpaired) electrons. The summed E-state index contributed by atoms with van der Waals surface area (Å²) in [6.07, 6.45) is 4.08. The van der Waals surface area contributed by atoms with E-state index in [1.807, 2.05) is 0 Å². The molecule has 0 N–H and O–H groups in total. The van der Waals surface area contributed by atoms with Crippen molar-refractivity contribution < 1.29 is 9.22 Å². The molecular weight excluding hydrogens is 150 g/mol. The van der Waals surface area contributed by atoms with Crippen molar-refractivity contribution in [3.05, 3.63) is 0 Å². The Bertz CT molecular complexity index is 119. The first-order valence-corrected chi connectivity index (χ1v) is 5.26. The largest absolute Gasteiger partial charge is 0.332 e. The highest BCUT2D eigenvalue weighted by molar-refractivity contribution is 4.52. The van der Waals surface area contributed by atoms with Crippen molar-refractivity contribution in [2.24, 2.45) is 0 Å². The molecule has 1 aliphatic heterocycles. The molecular formula is C10H22NO+. The van der Waals surface area contributed by atoms with Crippen molar-refractivity contribution in [2.45, 2.75) is 33.1 Å². The van der Waals surface area contributed by atoms with Crippen molar-refractivity contribution in [3.63, 3.8) is 0 Å². The quantitative estimate of drug-likeness (QED) is 0.576. The average molecular weight is 172 g/mol. The van der Waals surface area contributed by atoms with E-state index < -0.39 is 0 Å². The van der Waals surface area contributed by atoms with E-state index in [1.165, 1.54) is 43.4 Å². The van der Waals surface area contributed by atoms with Crippen molar-refractivity contribution >= 4 is 0 Å². The standard InChI is InChI=1S/C10H22NO/c1-3-7-11(10-12-4-2)8-5-6-9-11/h3-10H2,1-2H3/q+1. The number of hydrogen-bond donors (Lipinski definition) is 0. The SMILES string of the molecule is CCC[N+]1(COCC)CCCC1. The van der Waals surface area contributed by atoms with Gasteiger partial charge in [0.25, 0.3) is 0 Å². The smallest absolute Gasteiger partial charge is 0.183 e. The van der Waals surface area contributed by atoms with Crippen LogP contribution in [-0.2, 0) is 4.74 Å². The molecule has 0 spiro atoms. The summed E-state index contributed by atoms with van der Waals surface area (Å²) in [7, 11) is 0. The van der Waals surface area contributed by atoms with E-state index in [0.717, 1.165) is 13.3 Å². The summed E-state index contributed by atoms with van der Waals surface area (Å²) in [6.45, 7) is 10.2. The minimum absolute atomic E-state index is 0.865. The maximum atomic E-state index is 5.55. The van der Waals surface area contributed by atoms with Crippen molar-refractivity contribution in [1.82, 2.24) is 0 Å². The summed E-state index contributed by atoms with van der Waals surface area (Å²) in [5, 5.41) is 0. The number of nitrogens with zero attached hydrogens (tertiary/aromatic N) is 1. The molecule has 0 unspecified atom stereocenters. The molecule has 0 aromatic rings. The number of ether oxygens (including phenoxy) is 1. The van der Waals surface area contributed by atoms with Crippen molar-refractivity contribution in [1.29, 1.82) is 0 Å². The van der Waals surface area contributed by atoms with E-state index in [1.54, 1.807) is 0 Å². The second-order valence-corrected chi connectivity index (χ2v) is 3.84. The molecule has 72 valence electrons. The Labute approximate surface area is 76.1 Å². The zero-order valence-corrected chi connectivity index (χ0v) is 8.51. The molecule has 0 aromatic carbocycles. The van der Waals surface area contributed by atoms with Gasteiger partial charge in [-0.15, -0.1) is 0 Å². The van der Waals surface area contributed by atoms with Crippen molar-refractivity contribution in [3.8, 4) is 0 Å². The molecule has 0 saturated carbocycles. The van der Waals surface area contributed by atoms with Crippen LogP contribution in [-0.4, -0.2) is 37.5 Å². The summed E-state index contributed by atoms with van der Waals surface area (Å²) in [4.78, 5) is 0. The average Bonchev–Trinajstić information content (AvgIpc) is 2.51. The van der Waals surface area contributed by atoms with Crippen LogP contribution in [0.15, 0.2) is 0 Å². The van der Waals surface area contributed by atoms with Gasteiger partial charge in [0.15, 0.2) is 6.73 Å². The highest BCUT2D eigenvalue weighted by Crippen LogP contribution is 2.19. The molecule has 2 nitrogen and oxygen atoms in total. The highest BCUT2D eigenvalue weighted by atomic mass is 16.5. The van der Waals surface area contributed by atoms with Crippen molar-refractivity contribution in [2.75, 3.05) is 33.0 Å². The van der Waals surface area contributed by atoms with E-state index in [9.17, 15) is 0 Å². The van der Waals surface area contributed by atoms with E-state index in [0.29, 0.717) is 0 Å². The fourth-order valence-corrected chi connectivity index (χ4v) is 2.18. The van der Waals surface area contributed by atoms with Crippen LogP contribution < -0.4 is 0 Å². The summed E-state index contributed by atoms with van der Waals surface area (Å²) in [5.41, 5.74) is 0. The summed E-state index contributed by atoms with van der Waals surface area (Å²) in [5.74, 6) is 0. The zero-order valence-electron chi connectivity index (χ0n) is 8.51. The Kier molecular flexibility index (Phi) is 4.02. The van der Waals surface area contributed by atoms with E-state index in [2.05, 4.69) is 13.8 Å². The Morgan fingerprint density at radius 1 is 1.17 bits per heavy atom. The molecule has 1 fully saturated rings. The highest BCUT2D eigenvalue weighted by Gasteiger charge is 2.30. The molecule has 0 atom stereocenters. The molecule has 0 aromatic heterocycles. The molecule has 0 aliphatic carbocycles. The lowest BCUT2D eigenvalue weighted by Crippen LogP contribution is -2.47. The van der Waals surface area contributed by atoms with Crippen LogP contribution in [0, 0.1) is 0 Å². The van der Waals surface area contributed by atoms with Crippen LogP contribution in [0.4, 0.5) is 0 Å². The molecule has 1 saturated heterocycles. The predicted octanol–water partition coefficient (Wildman–Crippen LogP) is 2.00. The van der Waals surface area contributed by atoms with E-state index in [4.69, 9.17) is 4.74 Å². The minimum Gasteiger partial charge on any atom is -0.332 e. The van der Waals surface area contributed by atoms with Crippen LogP contribution in [0.2, 0.25) is 0 Å². The molecule has 12 heavy (non-hydrogen) atoms. The Morgan fingerprint density at radius 3 is 2.33 bits per heavy atom. The summed E-state index contributed by atoms with van der Waals surface area (Å²) in [6, 6.07) is 0. The van der Waals surface area contributed by atoms with Gasteiger partial charge in [0.1, 0.15) is 0 Å². The first-order valence-electron chi connectivity index (χ1n) is 5.26. The number of quaternary nitrogens is 1. The summed E-state index contributed by atoms with van der Waals surface area (Å²) >= 11 is 0. The third-order valence-corrected chi connectivity index (χ3v) is 2.78. The second kappa shape index (κ2) is 4.83. The predicted molar refractivity (Wildman–Crippen MR) is 50.9 cm³/mol. The Balaban J connectivity index is 2.35. The first kappa shape index (κ1) is 10.0. The van der Waals surface area contributed by atoms with Crippen LogP contribution in [0.5, 0.6) is 0 Å². The van der Waals surface area contributed by atoms with Gasteiger partial charge in [0.2, 0.25) is 0 Å². The van der Waals surface area contributed by atoms with Gasteiger partial charge in [-0.05, 0) is 13.3 Å². The van der Waals surface area contributed by atoms with E-state index >= 15 is 0 Å². The molecule has 2 heteroatoms. The van der Waals surface area contributed by atoms with E-state index in [-0.39, 0.29) is 0 Å². The first-order chi connectivity index (χ1) is 5.83. The molecule has 1 aliphatic rings. The van der Waals surface area contributed by atoms with Gasteiger partial charge >= 0.3 is 0 Å². The number of hydrogen-bond acceptors (Lipinski definition) is 1. The second-order valence-electron chi connectivity index (χ2n) is 3.84. The fraction of sp³-hybridized carbons (Fsp3) is 1.00. The normalized spacial score (nSPS) is 21.5. The van der Waals surface area contributed by atoms with Gasteiger partial charge in [-0.25, -0.2) is 0 Å². The van der Waals surface area contributed by atoms with Crippen LogP contribution >= 0.6 is 0 Å². The van der Waals surface area contributed by atoms with Crippen LogP contribution in [0.25, 0.3) is 0 Å². The maximum Gasteiger partial charge on any atom is 0.183 e. The van der Waals surface area contributed by atoms with Gasteiger partial charge in [0.05, 0.1) is 19.6 Å².